The van der Waals surface area contributed by atoms with Gasteiger partial charge in [-0.15, -0.1) is 0 Å². The first-order valence-corrected chi connectivity index (χ1v) is 9.06. The number of nitrogens with zero attached hydrogens (tertiary/aromatic N) is 2. The zero-order valence-corrected chi connectivity index (χ0v) is 16.3. The Kier molecular flexibility index (Phi) is 5.63. The monoisotopic (exact) mass is 396 g/mol. The van der Waals surface area contributed by atoms with Crippen LogP contribution in [0.1, 0.15) is 33.0 Å². The molecule has 1 N–H and O–H groups in total. The molecule has 0 fully saturated rings. The number of hydrogen-bond donors (Lipinski definition) is 1. The molecule has 0 atom stereocenters. The van der Waals surface area contributed by atoms with Crippen LogP contribution in [-0.4, -0.2) is 28.5 Å². The van der Waals surface area contributed by atoms with Crippen molar-refractivity contribution in [3.63, 3.8) is 0 Å². The lowest BCUT2D eigenvalue weighted by Crippen LogP contribution is -2.39. The van der Waals surface area contributed by atoms with Crippen LogP contribution in [0.3, 0.4) is 0 Å². The summed E-state index contributed by atoms with van der Waals surface area (Å²) in [6.45, 7) is 3.45. The number of carbonyl (C=O) groups is 1. The summed E-state index contributed by atoms with van der Waals surface area (Å²) in [6, 6.07) is 7.98. The largest absolute Gasteiger partial charge is 0.478 e. The molecule has 0 amide bonds. The number of hydrogen-bond acceptors (Lipinski definition) is 3. The maximum Gasteiger partial charge on any atom is 0.335 e. The van der Waals surface area contributed by atoms with Crippen LogP contribution >= 0.6 is 0 Å². The molecule has 2 aromatic carbocycles. The van der Waals surface area contributed by atoms with Gasteiger partial charge in [0.1, 0.15) is 25.3 Å². The molecule has 0 saturated carbocycles. The van der Waals surface area contributed by atoms with Gasteiger partial charge < -0.3 is 5.11 Å². The van der Waals surface area contributed by atoms with E-state index in [1.54, 1.807) is 27.8 Å². The second kappa shape index (κ2) is 7.99. The number of benzene rings is 2. The average molecular weight is 396 g/mol. The second-order valence-corrected chi connectivity index (χ2v) is 6.91. The fourth-order valence-corrected chi connectivity index (χ4v) is 3.26. The van der Waals surface area contributed by atoms with Gasteiger partial charge in [-0.05, 0) is 61.5 Å². The van der Waals surface area contributed by atoms with Gasteiger partial charge in [-0.2, -0.15) is 0 Å². The number of rotatable bonds is 5. The lowest BCUT2D eigenvalue weighted by molar-refractivity contribution is 0.0697. The van der Waals surface area contributed by atoms with Gasteiger partial charge in [0.2, 0.25) is 0 Å². The minimum Gasteiger partial charge on any atom is -0.478 e. The number of carboxylic acids is 1. The molecule has 148 valence electrons. The molecule has 3 aromatic rings. The molecule has 1 aromatic heterocycles. The molecule has 0 radical (unpaired) electrons. The van der Waals surface area contributed by atoms with E-state index >= 15 is 0 Å². The third-order valence-corrected chi connectivity index (χ3v) is 4.92. The van der Waals surface area contributed by atoms with E-state index in [4.69, 9.17) is 0 Å². The molecule has 1 heterocycles. The number of aryl methyl sites for hydroxylation is 4. The Balaban J connectivity index is 2.00. The summed E-state index contributed by atoms with van der Waals surface area (Å²) in [6.07, 6.45) is 0.593. The van der Waals surface area contributed by atoms with Gasteiger partial charge in [-0.3, -0.25) is 9.36 Å². The average Bonchev–Trinajstić information content (AvgIpc) is 2.66. The molecule has 0 unspecified atom stereocenters. The zero-order valence-electron chi connectivity index (χ0n) is 16.3. The van der Waals surface area contributed by atoms with Crippen molar-refractivity contribution < 1.29 is 18.7 Å². The zero-order chi connectivity index (χ0) is 21.3. The van der Waals surface area contributed by atoms with Crippen LogP contribution in [0, 0.1) is 25.5 Å². The SMILES string of the molecule is Bc1c(CCc2ccc(F)cc2F)nc(C)n(-c2cc(C(=O)O)ccc2C)c1=O. The highest BCUT2D eigenvalue weighted by Gasteiger charge is 2.16. The van der Waals surface area contributed by atoms with Gasteiger partial charge >= 0.3 is 5.97 Å². The van der Waals surface area contributed by atoms with Crippen molar-refractivity contribution in [3.8, 4) is 5.69 Å². The molecule has 0 aliphatic rings. The molecule has 5 nitrogen and oxygen atoms in total. The Hall–Kier alpha value is -3.29. The minimum atomic E-state index is -1.08. The fraction of sp³-hybridized carbons (Fsp3) is 0.190. The van der Waals surface area contributed by atoms with E-state index in [2.05, 4.69) is 4.98 Å². The highest BCUT2D eigenvalue weighted by molar-refractivity contribution is 6.32. The highest BCUT2D eigenvalue weighted by Crippen LogP contribution is 2.17. The van der Waals surface area contributed by atoms with Crippen molar-refractivity contribution >= 4 is 19.3 Å². The third kappa shape index (κ3) is 4.11. The molecule has 3 rings (SSSR count). The fourth-order valence-electron chi connectivity index (χ4n) is 3.26. The maximum absolute atomic E-state index is 13.9. The van der Waals surface area contributed by atoms with E-state index in [0.717, 1.165) is 11.6 Å². The van der Waals surface area contributed by atoms with Gasteiger partial charge in [-0.1, -0.05) is 12.1 Å². The topological polar surface area (TPSA) is 72.2 Å². The van der Waals surface area contributed by atoms with E-state index < -0.39 is 17.6 Å². The molecule has 8 heteroatoms. The van der Waals surface area contributed by atoms with Gasteiger partial charge in [0.05, 0.1) is 11.3 Å². The van der Waals surface area contributed by atoms with E-state index in [0.29, 0.717) is 34.7 Å². The van der Waals surface area contributed by atoms with E-state index in [1.165, 1.54) is 28.8 Å². The van der Waals surface area contributed by atoms with Gasteiger partial charge in [-0.25, -0.2) is 18.6 Å². The molecule has 0 aliphatic heterocycles. The Morgan fingerprint density at radius 2 is 1.86 bits per heavy atom. The normalized spacial score (nSPS) is 10.9. The standard InChI is InChI=1S/C21H19BF2N2O3/c1-11-3-4-14(21(28)29)9-18(11)26-12(2)25-17(19(22)20(26)27)8-6-13-5-7-15(23)10-16(13)24/h3-5,7,9-10H,6,8,22H2,1-2H3,(H,28,29). The molecule has 29 heavy (non-hydrogen) atoms. The predicted molar refractivity (Wildman–Crippen MR) is 108 cm³/mol. The van der Waals surface area contributed by atoms with Crippen LogP contribution in [0.2, 0.25) is 0 Å². The lowest BCUT2D eigenvalue weighted by atomic mass is 9.92. The Bertz CT molecular complexity index is 1180. The second-order valence-electron chi connectivity index (χ2n) is 6.91. The van der Waals surface area contributed by atoms with Crippen LogP contribution in [0.25, 0.3) is 5.69 Å². The van der Waals surface area contributed by atoms with Crippen molar-refractivity contribution in [3.05, 3.63) is 86.6 Å². The van der Waals surface area contributed by atoms with Crippen LogP contribution in [-0.2, 0) is 12.8 Å². The van der Waals surface area contributed by atoms with Gasteiger partial charge in [0, 0.05) is 11.8 Å². The summed E-state index contributed by atoms with van der Waals surface area (Å²) < 4.78 is 28.3. The molecule has 0 bridgehead atoms. The third-order valence-electron chi connectivity index (χ3n) is 4.92. The van der Waals surface area contributed by atoms with E-state index in [-0.39, 0.29) is 17.5 Å². The smallest absolute Gasteiger partial charge is 0.335 e. The lowest BCUT2D eigenvalue weighted by Gasteiger charge is -2.16. The van der Waals surface area contributed by atoms with Crippen LogP contribution < -0.4 is 11.0 Å². The first-order valence-electron chi connectivity index (χ1n) is 9.06. The molecule has 0 saturated heterocycles. The molecular weight excluding hydrogens is 377 g/mol. The number of aromatic carboxylic acids is 1. The summed E-state index contributed by atoms with van der Waals surface area (Å²) in [5, 5.41) is 9.25. The van der Waals surface area contributed by atoms with Crippen LogP contribution in [0.4, 0.5) is 8.78 Å². The maximum atomic E-state index is 13.9. The minimum absolute atomic E-state index is 0.0745. The first kappa shape index (κ1) is 20.4. The molecular formula is C21H19BF2N2O3. The number of halogens is 2. The molecule has 0 spiro atoms. The van der Waals surface area contributed by atoms with Gasteiger partial charge in [0.25, 0.3) is 5.56 Å². The summed E-state index contributed by atoms with van der Waals surface area (Å²) in [7, 11) is 1.64. The summed E-state index contributed by atoms with van der Waals surface area (Å²) in [5.74, 6) is -1.95. The van der Waals surface area contributed by atoms with E-state index in [9.17, 15) is 23.5 Å². The van der Waals surface area contributed by atoms with Gasteiger partial charge in [0.15, 0.2) is 0 Å². The Labute approximate surface area is 167 Å². The quantitative estimate of drug-likeness (QED) is 0.669. The van der Waals surface area contributed by atoms with E-state index in [1.807, 2.05) is 0 Å². The number of carboxylic acid groups (broad SMARTS) is 1. The summed E-state index contributed by atoms with van der Waals surface area (Å²) in [4.78, 5) is 28.8. The van der Waals surface area contributed by atoms with Crippen molar-refractivity contribution in [1.82, 2.24) is 9.55 Å². The van der Waals surface area contributed by atoms with Crippen molar-refractivity contribution in [2.24, 2.45) is 0 Å². The van der Waals surface area contributed by atoms with Crippen LogP contribution in [0.15, 0.2) is 41.2 Å². The predicted octanol–water partition coefficient (Wildman–Crippen LogP) is 1.87. The molecule has 0 aliphatic carbocycles. The first-order chi connectivity index (χ1) is 13.7. The summed E-state index contributed by atoms with van der Waals surface area (Å²) >= 11 is 0. The Morgan fingerprint density at radius 1 is 1.14 bits per heavy atom. The van der Waals surface area contributed by atoms with Crippen LogP contribution in [0.5, 0.6) is 0 Å². The van der Waals surface area contributed by atoms with Crippen molar-refractivity contribution in [1.29, 1.82) is 0 Å². The van der Waals surface area contributed by atoms with Crippen molar-refractivity contribution in [2.75, 3.05) is 0 Å². The highest BCUT2D eigenvalue weighted by atomic mass is 19.1. The Morgan fingerprint density at radius 3 is 2.52 bits per heavy atom. The summed E-state index contributed by atoms with van der Waals surface area (Å²) in [5.41, 5.74) is 2.24. The number of aromatic nitrogens is 2. The van der Waals surface area contributed by atoms with Crippen molar-refractivity contribution in [2.45, 2.75) is 26.7 Å².